The fourth-order valence-electron chi connectivity index (χ4n) is 6.62. The predicted octanol–water partition coefficient (Wildman–Crippen LogP) is 7.78. The Balaban J connectivity index is 1.08. The lowest BCUT2D eigenvalue weighted by Crippen LogP contribution is -2.57. The van der Waals surface area contributed by atoms with Gasteiger partial charge in [-0.05, 0) is 78.6 Å². The van der Waals surface area contributed by atoms with Crippen molar-refractivity contribution in [2.45, 2.75) is 70.1 Å². The summed E-state index contributed by atoms with van der Waals surface area (Å²) in [5, 5.41) is 5.99. The van der Waals surface area contributed by atoms with Gasteiger partial charge in [0.15, 0.2) is 0 Å². The number of rotatable bonds is 8. The number of alkyl carbamates (subject to hydrolysis) is 1. The lowest BCUT2D eigenvalue weighted by atomic mass is 9.96. The quantitative estimate of drug-likeness (QED) is 0.197. The number of nitrogens with one attached hydrogen (secondary N) is 2. The van der Waals surface area contributed by atoms with E-state index in [2.05, 4.69) is 34.9 Å². The lowest BCUT2D eigenvalue weighted by molar-refractivity contribution is -0.127. The SMILES string of the molecule is CC(C)(C)OC(=O)c1ccccc1-c1ccc(CNC(=O)C2(NC(=O)OCC3c4ccccc4-c4ccccc43)CCCC2)cc1. The Kier molecular flexibility index (Phi) is 8.67. The van der Waals surface area contributed by atoms with Gasteiger partial charge in [0.25, 0.3) is 0 Å². The summed E-state index contributed by atoms with van der Waals surface area (Å²) in [5.74, 6) is -0.631. The first kappa shape index (κ1) is 31.1. The van der Waals surface area contributed by atoms with Crippen LogP contribution >= 0.6 is 0 Å². The van der Waals surface area contributed by atoms with Gasteiger partial charge in [-0.15, -0.1) is 0 Å². The van der Waals surface area contributed by atoms with Crippen molar-refractivity contribution in [3.05, 3.63) is 119 Å². The van der Waals surface area contributed by atoms with Crippen molar-refractivity contribution in [1.82, 2.24) is 10.6 Å². The lowest BCUT2D eigenvalue weighted by Gasteiger charge is -2.29. The Morgan fingerprint density at radius 2 is 1.33 bits per heavy atom. The van der Waals surface area contributed by atoms with E-state index >= 15 is 0 Å². The molecule has 0 bridgehead atoms. The maximum absolute atomic E-state index is 13.6. The maximum atomic E-state index is 13.6. The molecule has 1 saturated carbocycles. The van der Waals surface area contributed by atoms with Crippen LogP contribution in [0.4, 0.5) is 4.79 Å². The van der Waals surface area contributed by atoms with Crippen molar-refractivity contribution in [1.29, 1.82) is 0 Å². The fourth-order valence-corrected chi connectivity index (χ4v) is 6.62. The van der Waals surface area contributed by atoms with Gasteiger partial charge in [-0.1, -0.05) is 104 Å². The summed E-state index contributed by atoms with van der Waals surface area (Å²) < 4.78 is 11.4. The third-order valence-corrected chi connectivity index (χ3v) is 8.84. The highest BCUT2D eigenvalue weighted by Crippen LogP contribution is 2.44. The Morgan fingerprint density at radius 3 is 1.93 bits per heavy atom. The molecular weight excluding hydrogens is 576 g/mol. The zero-order chi connectivity index (χ0) is 32.3. The van der Waals surface area contributed by atoms with Crippen LogP contribution in [0.2, 0.25) is 0 Å². The fraction of sp³-hybridized carbons (Fsp3) is 0.308. The zero-order valence-electron chi connectivity index (χ0n) is 26.6. The first-order chi connectivity index (χ1) is 22.1. The van der Waals surface area contributed by atoms with Gasteiger partial charge in [-0.25, -0.2) is 9.59 Å². The molecule has 2 aliphatic rings. The van der Waals surface area contributed by atoms with Gasteiger partial charge in [0, 0.05) is 12.5 Å². The van der Waals surface area contributed by atoms with Crippen molar-refractivity contribution in [2.24, 2.45) is 0 Å². The number of hydrogen-bond acceptors (Lipinski definition) is 5. The largest absolute Gasteiger partial charge is 0.456 e. The van der Waals surface area contributed by atoms with Gasteiger partial charge in [0.05, 0.1) is 5.56 Å². The molecule has 0 radical (unpaired) electrons. The van der Waals surface area contributed by atoms with Crippen LogP contribution in [0.25, 0.3) is 22.3 Å². The number of amides is 2. The normalized spacial score (nSPS) is 15.0. The van der Waals surface area contributed by atoms with E-state index in [9.17, 15) is 14.4 Å². The Morgan fingerprint density at radius 1 is 0.761 bits per heavy atom. The van der Waals surface area contributed by atoms with Gasteiger partial charge in [0.2, 0.25) is 5.91 Å². The molecule has 6 rings (SSSR count). The molecular formula is C39H40N2O5. The number of ether oxygens (including phenoxy) is 2. The molecule has 2 N–H and O–H groups in total. The minimum atomic E-state index is -1.01. The minimum Gasteiger partial charge on any atom is -0.456 e. The first-order valence-electron chi connectivity index (χ1n) is 16.0. The molecule has 4 aromatic rings. The van der Waals surface area contributed by atoms with Crippen LogP contribution in [0.5, 0.6) is 0 Å². The van der Waals surface area contributed by atoms with Gasteiger partial charge in [-0.2, -0.15) is 0 Å². The number of hydrogen-bond donors (Lipinski definition) is 2. The van der Waals surface area contributed by atoms with Crippen molar-refractivity contribution >= 4 is 18.0 Å². The first-order valence-corrected chi connectivity index (χ1v) is 16.0. The smallest absolute Gasteiger partial charge is 0.408 e. The van der Waals surface area contributed by atoms with Gasteiger partial charge in [-0.3, -0.25) is 4.79 Å². The van der Waals surface area contributed by atoms with Crippen LogP contribution < -0.4 is 10.6 Å². The van der Waals surface area contributed by atoms with E-state index in [1.807, 2.05) is 87.5 Å². The third kappa shape index (κ3) is 6.54. The van der Waals surface area contributed by atoms with Crippen molar-refractivity contribution < 1.29 is 23.9 Å². The van der Waals surface area contributed by atoms with Crippen molar-refractivity contribution in [3.63, 3.8) is 0 Å². The van der Waals surface area contributed by atoms with Crippen molar-refractivity contribution in [2.75, 3.05) is 6.61 Å². The molecule has 1 fully saturated rings. The molecule has 2 amide bonds. The third-order valence-electron chi connectivity index (χ3n) is 8.84. The van der Waals surface area contributed by atoms with Crippen LogP contribution in [-0.4, -0.2) is 35.7 Å². The molecule has 0 unspecified atom stereocenters. The standard InChI is InChI=1S/C39H40N2O5/c1-38(2,3)46-35(42)33-17-9-4-12-28(33)27-20-18-26(19-21-27)24-40-36(43)39(22-10-11-23-39)41-37(44)45-25-34-31-15-7-5-13-29(31)30-14-6-8-16-32(30)34/h4-9,12-21,34H,10-11,22-25H2,1-3H3,(H,40,43)(H,41,44). The minimum absolute atomic E-state index is 0.0504. The van der Waals surface area contributed by atoms with Crippen LogP contribution in [0, 0.1) is 0 Å². The zero-order valence-corrected chi connectivity index (χ0v) is 26.6. The Labute approximate surface area is 270 Å². The molecule has 2 aliphatic carbocycles. The molecule has 0 aliphatic heterocycles. The molecule has 0 spiro atoms. The van der Waals surface area contributed by atoms with E-state index in [-0.39, 0.29) is 24.4 Å². The van der Waals surface area contributed by atoms with Gasteiger partial charge in [0.1, 0.15) is 17.7 Å². The summed E-state index contributed by atoms with van der Waals surface area (Å²) in [7, 11) is 0. The molecule has 7 heteroatoms. The predicted molar refractivity (Wildman–Crippen MR) is 178 cm³/mol. The highest BCUT2D eigenvalue weighted by molar-refractivity contribution is 5.97. The monoisotopic (exact) mass is 616 g/mol. The average Bonchev–Trinajstić information content (AvgIpc) is 3.65. The summed E-state index contributed by atoms with van der Waals surface area (Å²) in [6.07, 6.45) is 2.24. The van der Waals surface area contributed by atoms with E-state index in [4.69, 9.17) is 9.47 Å². The highest BCUT2D eigenvalue weighted by Gasteiger charge is 2.43. The molecule has 0 atom stereocenters. The Hall–Kier alpha value is -4.91. The molecule has 4 aromatic carbocycles. The second-order valence-electron chi connectivity index (χ2n) is 13.2. The summed E-state index contributed by atoms with van der Waals surface area (Å²) in [5.41, 5.74) is 6.08. The summed E-state index contributed by atoms with van der Waals surface area (Å²) in [4.78, 5) is 39.5. The maximum Gasteiger partial charge on any atom is 0.408 e. The highest BCUT2D eigenvalue weighted by atomic mass is 16.6. The van der Waals surface area contributed by atoms with E-state index in [1.54, 1.807) is 6.07 Å². The summed E-state index contributed by atoms with van der Waals surface area (Å²) in [6.45, 7) is 6.04. The molecule has 236 valence electrons. The van der Waals surface area contributed by atoms with E-state index in [1.165, 1.54) is 11.1 Å². The van der Waals surface area contributed by atoms with Crippen LogP contribution in [-0.2, 0) is 20.8 Å². The van der Waals surface area contributed by atoms with Gasteiger partial charge < -0.3 is 20.1 Å². The number of carbonyl (C=O) groups excluding carboxylic acids is 3. The molecule has 7 nitrogen and oxygen atoms in total. The van der Waals surface area contributed by atoms with Gasteiger partial charge >= 0.3 is 12.1 Å². The van der Waals surface area contributed by atoms with Crippen LogP contribution in [0.3, 0.4) is 0 Å². The van der Waals surface area contributed by atoms with E-state index in [0.29, 0.717) is 24.9 Å². The number of esters is 1. The van der Waals surface area contributed by atoms with Crippen LogP contribution in [0.1, 0.15) is 79.4 Å². The topological polar surface area (TPSA) is 93.7 Å². The van der Waals surface area contributed by atoms with E-state index in [0.717, 1.165) is 40.7 Å². The molecule has 46 heavy (non-hydrogen) atoms. The molecule has 0 saturated heterocycles. The number of benzene rings is 4. The molecule has 0 aromatic heterocycles. The van der Waals surface area contributed by atoms with Crippen LogP contribution in [0.15, 0.2) is 97.1 Å². The summed E-state index contributed by atoms with van der Waals surface area (Å²) >= 11 is 0. The number of carbonyl (C=O) groups is 3. The average molecular weight is 617 g/mol. The second kappa shape index (κ2) is 12.8. The number of fused-ring (bicyclic) bond motifs is 3. The Bertz CT molecular complexity index is 1700. The summed E-state index contributed by atoms with van der Waals surface area (Å²) in [6, 6.07) is 31.5. The van der Waals surface area contributed by atoms with Crippen molar-refractivity contribution in [3.8, 4) is 22.3 Å². The van der Waals surface area contributed by atoms with E-state index < -0.39 is 17.2 Å². The molecule has 0 heterocycles. The second-order valence-corrected chi connectivity index (χ2v) is 13.2.